The molecular formula is C21H20Cl2N2O5S2. The molecule has 4 N–H and O–H groups in total. The van der Waals surface area contributed by atoms with E-state index in [-0.39, 0.29) is 22.4 Å². The number of nitrogens with two attached hydrogens (primary N) is 2. The Morgan fingerprint density at radius 1 is 0.781 bits per heavy atom. The second-order valence-electron chi connectivity index (χ2n) is 7.07. The molecule has 0 saturated heterocycles. The minimum Gasteiger partial charge on any atom is -0.495 e. The molecule has 0 aliphatic rings. The van der Waals surface area contributed by atoms with Gasteiger partial charge in [-0.1, -0.05) is 47.5 Å². The SMILES string of the molecule is COc1c(-c2cccc(Cl)c2C)cc(S(N)(=O)=O)c(-c2cccc(Cl)c2C)c1S(N)(=O)=O. The molecule has 3 aromatic rings. The number of methoxy groups -OCH3 is 1. The molecule has 3 rings (SSSR count). The van der Waals surface area contributed by atoms with Gasteiger partial charge >= 0.3 is 0 Å². The first-order valence-corrected chi connectivity index (χ1v) is 13.0. The minimum atomic E-state index is -4.51. The molecule has 0 aliphatic heterocycles. The van der Waals surface area contributed by atoms with Crippen LogP contribution in [0.5, 0.6) is 5.75 Å². The van der Waals surface area contributed by atoms with Crippen LogP contribution < -0.4 is 15.0 Å². The van der Waals surface area contributed by atoms with Gasteiger partial charge in [-0.25, -0.2) is 27.1 Å². The highest BCUT2D eigenvalue weighted by atomic mass is 35.5. The van der Waals surface area contributed by atoms with E-state index in [0.717, 1.165) is 0 Å². The maximum absolute atomic E-state index is 12.8. The standard InChI is InChI=1S/C21H20Cl2N2O5S2/c1-11-13(6-4-8-16(11)22)15-10-18(31(24,26)27)19(14-7-5-9-17(23)12(14)2)21(20(15)30-3)32(25,28)29/h4-10H,1-3H3,(H2,24,26,27)(H2,25,28,29). The van der Waals surface area contributed by atoms with Crippen LogP contribution in [0.25, 0.3) is 22.3 Å². The fourth-order valence-corrected chi connectivity index (χ4v) is 5.70. The molecule has 11 heteroatoms. The van der Waals surface area contributed by atoms with E-state index in [1.165, 1.54) is 19.2 Å². The van der Waals surface area contributed by atoms with E-state index in [9.17, 15) is 16.8 Å². The van der Waals surface area contributed by atoms with Gasteiger partial charge in [-0.3, -0.25) is 0 Å². The third kappa shape index (κ3) is 4.36. The molecule has 0 saturated carbocycles. The van der Waals surface area contributed by atoms with Crippen molar-refractivity contribution >= 4 is 43.2 Å². The summed E-state index contributed by atoms with van der Waals surface area (Å²) < 4.78 is 56.5. The number of sulfonamides is 2. The zero-order valence-electron chi connectivity index (χ0n) is 17.3. The second kappa shape index (κ2) is 8.66. The Kier molecular flexibility index (Phi) is 6.63. The summed E-state index contributed by atoms with van der Waals surface area (Å²) in [7, 11) is -7.67. The molecule has 0 bridgehead atoms. The summed E-state index contributed by atoms with van der Waals surface area (Å²) in [5, 5.41) is 11.8. The predicted molar refractivity (Wildman–Crippen MR) is 126 cm³/mol. The highest BCUT2D eigenvalue weighted by molar-refractivity contribution is 7.90. The average molecular weight is 515 g/mol. The monoisotopic (exact) mass is 514 g/mol. The van der Waals surface area contributed by atoms with Crippen LogP contribution >= 0.6 is 23.2 Å². The number of rotatable bonds is 5. The topological polar surface area (TPSA) is 130 Å². The summed E-state index contributed by atoms with van der Waals surface area (Å²) in [6, 6.07) is 10.9. The molecule has 0 fully saturated rings. The first-order valence-electron chi connectivity index (χ1n) is 9.10. The van der Waals surface area contributed by atoms with Crippen molar-refractivity contribution < 1.29 is 21.6 Å². The quantitative estimate of drug-likeness (QED) is 0.525. The van der Waals surface area contributed by atoms with Gasteiger partial charge in [-0.15, -0.1) is 0 Å². The van der Waals surface area contributed by atoms with Crippen LogP contribution in [0.15, 0.2) is 52.3 Å². The van der Waals surface area contributed by atoms with Gasteiger partial charge in [0.15, 0.2) is 0 Å². The van der Waals surface area contributed by atoms with E-state index in [2.05, 4.69) is 0 Å². The summed E-state index contributed by atoms with van der Waals surface area (Å²) in [6.07, 6.45) is 0. The summed E-state index contributed by atoms with van der Waals surface area (Å²) in [5.74, 6) is -0.139. The number of benzene rings is 3. The van der Waals surface area contributed by atoms with Gasteiger partial charge in [0, 0.05) is 21.2 Å². The zero-order chi connectivity index (χ0) is 24.0. The minimum absolute atomic E-state index is 0.139. The first kappa shape index (κ1) is 24.5. The molecule has 0 heterocycles. The van der Waals surface area contributed by atoms with Crippen molar-refractivity contribution in [2.24, 2.45) is 10.3 Å². The Balaban J connectivity index is 2.68. The van der Waals surface area contributed by atoms with Crippen LogP contribution in [-0.2, 0) is 20.0 Å². The maximum atomic E-state index is 12.8. The Hall–Kier alpha value is -2.14. The summed E-state index contributed by atoms with van der Waals surface area (Å²) in [4.78, 5) is -0.965. The third-order valence-electron chi connectivity index (χ3n) is 5.09. The van der Waals surface area contributed by atoms with Gasteiger partial charge in [0.25, 0.3) is 0 Å². The fraction of sp³-hybridized carbons (Fsp3) is 0.143. The van der Waals surface area contributed by atoms with Gasteiger partial charge in [0.2, 0.25) is 20.0 Å². The van der Waals surface area contributed by atoms with Crippen molar-refractivity contribution in [1.82, 2.24) is 0 Å². The van der Waals surface area contributed by atoms with Crippen LogP contribution in [0.4, 0.5) is 0 Å². The smallest absolute Gasteiger partial charge is 0.242 e. The van der Waals surface area contributed by atoms with Gasteiger partial charge in [-0.2, -0.15) is 0 Å². The van der Waals surface area contributed by atoms with Gasteiger partial charge in [0.1, 0.15) is 10.6 Å². The molecule has 7 nitrogen and oxygen atoms in total. The average Bonchev–Trinajstić information content (AvgIpc) is 2.69. The Bertz CT molecular complexity index is 1450. The number of primary sulfonamides is 2. The molecule has 0 aliphatic carbocycles. The number of hydrogen-bond acceptors (Lipinski definition) is 5. The van der Waals surface area contributed by atoms with E-state index in [0.29, 0.717) is 26.7 Å². The predicted octanol–water partition coefficient (Wildman–Crippen LogP) is 4.25. The molecule has 0 atom stereocenters. The van der Waals surface area contributed by atoms with Gasteiger partial charge in [-0.05, 0) is 54.3 Å². The highest BCUT2D eigenvalue weighted by Crippen LogP contribution is 2.47. The van der Waals surface area contributed by atoms with Gasteiger partial charge < -0.3 is 4.74 Å². The molecule has 3 aromatic carbocycles. The zero-order valence-corrected chi connectivity index (χ0v) is 20.5. The first-order chi connectivity index (χ1) is 14.8. The molecule has 170 valence electrons. The number of halogens is 2. The number of hydrogen-bond donors (Lipinski definition) is 2. The molecule has 0 unspecified atom stereocenters. The van der Waals surface area contributed by atoms with Crippen molar-refractivity contribution in [2.45, 2.75) is 23.6 Å². The maximum Gasteiger partial charge on any atom is 0.242 e. The lowest BCUT2D eigenvalue weighted by Gasteiger charge is -2.22. The Labute approximate surface area is 197 Å². The molecule has 0 amide bonds. The van der Waals surface area contributed by atoms with Crippen molar-refractivity contribution in [3.05, 3.63) is 63.6 Å². The fourth-order valence-electron chi connectivity index (χ4n) is 3.55. The molecule has 0 aromatic heterocycles. The normalized spacial score (nSPS) is 12.1. The molecule has 32 heavy (non-hydrogen) atoms. The van der Waals surface area contributed by atoms with E-state index < -0.39 is 29.8 Å². The summed E-state index contributed by atoms with van der Waals surface area (Å²) in [5.41, 5.74) is 1.66. The van der Waals surface area contributed by atoms with Crippen molar-refractivity contribution in [3.8, 4) is 28.0 Å². The van der Waals surface area contributed by atoms with Crippen molar-refractivity contribution in [3.63, 3.8) is 0 Å². The molecular weight excluding hydrogens is 495 g/mol. The lowest BCUT2D eigenvalue weighted by atomic mass is 9.94. The van der Waals surface area contributed by atoms with Gasteiger partial charge in [0.05, 0.1) is 12.0 Å². The van der Waals surface area contributed by atoms with Crippen molar-refractivity contribution in [2.75, 3.05) is 7.11 Å². The third-order valence-corrected chi connectivity index (χ3v) is 7.80. The summed E-state index contributed by atoms with van der Waals surface area (Å²) in [6.45, 7) is 3.33. The molecule has 0 spiro atoms. The van der Waals surface area contributed by atoms with Crippen LogP contribution in [-0.4, -0.2) is 23.9 Å². The van der Waals surface area contributed by atoms with E-state index in [1.54, 1.807) is 44.2 Å². The highest BCUT2D eigenvalue weighted by Gasteiger charge is 2.32. The molecule has 0 radical (unpaired) electrons. The van der Waals surface area contributed by atoms with Crippen LogP contribution in [0.2, 0.25) is 10.0 Å². The summed E-state index contributed by atoms with van der Waals surface area (Å²) >= 11 is 12.5. The second-order valence-corrected chi connectivity index (χ2v) is 10.9. The van der Waals surface area contributed by atoms with Crippen LogP contribution in [0.1, 0.15) is 11.1 Å². The van der Waals surface area contributed by atoms with E-state index in [4.69, 9.17) is 38.2 Å². The number of ether oxygens (including phenoxy) is 1. The van der Waals surface area contributed by atoms with E-state index >= 15 is 0 Å². The van der Waals surface area contributed by atoms with Crippen LogP contribution in [0.3, 0.4) is 0 Å². The van der Waals surface area contributed by atoms with Crippen molar-refractivity contribution in [1.29, 1.82) is 0 Å². The Morgan fingerprint density at radius 2 is 1.28 bits per heavy atom. The van der Waals surface area contributed by atoms with Crippen LogP contribution in [0, 0.1) is 13.8 Å². The van der Waals surface area contributed by atoms with E-state index in [1.807, 2.05) is 0 Å². The lowest BCUT2D eigenvalue weighted by molar-refractivity contribution is 0.404. The lowest BCUT2D eigenvalue weighted by Crippen LogP contribution is -2.20. The largest absolute Gasteiger partial charge is 0.495 e. The Morgan fingerprint density at radius 3 is 1.75 bits per heavy atom.